The molecule has 2 aromatic heterocycles. The van der Waals surface area contributed by atoms with E-state index in [1.54, 1.807) is 19.1 Å². The Bertz CT molecular complexity index is 1050. The van der Waals surface area contributed by atoms with Crippen molar-refractivity contribution in [1.29, 1.82) is 0 Å². The number of anilines is 4. The number of aryl methyl sites for hydroxylation is 1. The maximum Gasteiger partial charge on any atom is 0.263 e. The summed E-state index contributed by atoms with van der Waals surface area (Å²) < 4.78 is 32.1. The molecule has 1 aromatic carbocycles. The molecule has 3 rings (SSSR count). The fourth-order valence-corrected chi connectivity index (χ4v) is 3.12. The van der Waals surface area contributed by atoms with Crippen molar-refractivity contribution in [3.05, 3.63) is 48.2 Å². The van der Waals surface area contributed by atoms with Crippen molar-refractivity contribution < 1.29 is 17.7 Å². The number of aromatic nitrogens is 3. The molecule has 0 spiro atoms. The van der Waals surface area contributed by atoms with Crippen LogP contribution in [-0.2, 0) is 14.8 Å². The van der Waals surface area contributed by atoms with Gasteiger partial charge in [0.05, 0.1) is 4.90 Å². The first-order valence-electron chi connectivity index (χ1n) is 7.76. The quantitative estimate of drug-likeness (QED) is 0.584. The van der Waals surface area contributed by atoms with Crippen LogP contribution in [-0.4, -0.2) is 29.7 Å². The van der Waals surface area contributed by atoms with Gasteiger partial charge in [-0.25, -0.2) is 8.42 Å². The van der Waals surface area contributed by atoms with Crippen LogP contribution in [0.5, 0.6) is 0 Å². The summed E-state index contributed by atoms with van der Waals surface area (Å²) in [7, 11) is -3.84. The Morgan fingerprint density at radius 3 is 2.22 bits per heavy atom. The molecule has 2 heterocycles. The van der Waals surface area contributed by atoms with Crippen molar-refractivity contribution in [2.24, 2.45) is 0 Å². The summed E-state index contributed by atoms with van der Waals surface area (Å²) >= 11 is 0. The zero-order valence-corrected chi connectivity index (χ0v) is 15.2. The molecule has 140 valence electrons. The molecule has 0 saturated carbocycles. The maximum atomic E-state index is 12.4. The summed E-state index contributed by atoms with van der Waals surface area (Å²) in [5.41, 5.74) is 0.500. The molecule has 0 aliphatic rings. The van der Waals surface area contributed by atoms with Crippen molar-refractivity contribution in [3.8, 4) is 0 Å². The van der Waals surface area contributed by atoms with E-state index in [4.69, 9.17) is 4.52 Å². The minimum absolute atomic E-state index is 0.0266. The Labute approximate surface area is 155 Å². The molecule has 0 fully saturated rings. The topological polar surface area (TPSA) is 139 Å². The van der Waals surface area contributed by atoms with Crippen molar-refractivity contribution in [2.75, 3.05) is 15.4 Å². The van der Waals surface area contributed by atoms with Crippen LogP contribution in [0.15, 0.2) is 51.9 Å². The van der Waals surface area contributed by atoms with Crippen LogP contribution in [0, 0.1) is 6.92 Å². The van der Waals surface area contributed by atoms with E-state index in [2.05, 4.69) is 30.7 Å². The number of nitrogens with one attached hydrogen (secondary N) is 3. The Balaban J connectivity index is 1.69. The highest BCUT2D eigenvalue weighted by Crippen LogP contribution is 2.18. The maximum absolute atomic E-state index is 12.4. The van der Waals surface area contributed by atoms with Crippen LogP contribution in [0.25, 0.3) is 0 Å². The lowest BCUT2D eigenvalue weighted by Crippen LogP contribution is -2.14. The van der Waals surface area contributed by atoms with Gasteiger partial charge >= 0.3 is 0 Å². The summed E-state index contributed by atoms with van der Waals surface area (Å²) in [6, 6.07) is 10.4. The third kappa shape index (κ3) is 4.79. The van der Waals surface area contributed by atoms with E-state index in [0.29, 0.717) is 23.1 Å². The molecule has 0 aliphatic heterocycles. The number of rotatable bonds is 6. The van der Waals surface area contributed by atoms with Crippen LogP contribution in [0.4, 0.5) is 23.1 Å². The van der Waals surface area contributed by atoms with Crippen LogP contribution >= 0.6 is 0 Å². The molecule has 0 unspecified atom stereocenters. The van der Waals surface area contributed by atoms with Gasteiger partial charge in [-0.2, -0.15) is 0 Å². The molecule has 0 atom stereocenters. The number of hydrogen-bond acceptors (Lipinski definition) is 8. The van der Waals surface area contributed by atoms with Crippen LogP contribution in [0.2, 0.25) is 0 Å². The average molecular weight is 388 g/mol. The molecule has 0 radical (unpaired) electrons. The minimum Gasteiger partial charge on any atom is -0.360 e. The summed E-state index contributed by atoms with van der Waals surface area (Å²) in [5.74, 6) is 1.30. The van der Waals surface area contributed by atoms with Crippen molar-refractivity contribution in [3.63, 3.8) is 0 Å². The van der Waals surface area contributed by atoms with Crippen molar-refractivity contribution in [1.82, 2.24) is 15.4 Å². The first-order valence-corrected chi connectivity index (χ1v) is 9.25. The molecule has 3 N–H and O–H groups in total. The minimum atomic E-state index is -3.84. The molecule has 3 aromatic rings. The van der Waals surface area contributed by atoms with Gasteiger partial charge in [0.1, 0.15) is 5.76 Å². The molecule has 11 heteroatoms. The summed E-state index contributed by atoms with van der Waals surface area (Å²) in [6.45, 7) is 3.12. The highest BCUT2D eigenvalue weighted by Gasteiger charge is 2.15. The molecule has 0 aliphatic carbocycles. The molecule has 27 heavy (non-hydrogen) atoms. The van der Waals surface area contributed by atoms with Gasteiger partial charge in [0.15, 0.2) is 17.5 Å². The Hall–Kier alpha value is -3.47. The lowest BCUT2D eigenvalue weighted by Gasteiger charge is -2.08. The van der Waals surface area contributed by atoms with Crippen molar-refractivity contribution in [2.45, 2.75) is 18.7 Å². The van der Waals surface area contributed by atoms with E-state index in [1.807, 2.05) is 0 Å². The van der Waals surface area contributed by atoms with Crippen LogP contribution in [0.3, 0.4) is 0 Å². The fourth-order valence-electron chi connectivity index (χ4n) is 2.13. The highest BCUT2D eigenvalue weighted by molar-refractivity contribution is 7.92. The van der Waals surface area contributed by atoms with Gasteiger partial charge in [0, 0.05) is 18.7 Å². The second kappa shape index (κ2) is 7.41. The molecular weight excluding hydrogens is 372 g/mol. The highest BCUT2D eigenvalue weighted by atomic mass is 32.2. The second-order valence-corrected chi connectivity index (χ2v) is 7.25. The predicted octanol–water partition coefficient (Wildman–Crippen LogP) is 2.28. The molecule has 0 bridgehead atoms. The van der Waals surface area contributed by atoms with Crippen molar-refractivity contribution >= 4 is 39.1 Å². The summed E-state index contributed by atoms with van der Waals surface area (Å²) in [4.78, 5) is 11.0. The molecule has 10 nitrogen and oxygen atoms in total. The van der Waals surface area contributed by atoms with E-state index in [1.165, 1.54) is 37.3 Å². The Morgan fingerprint density at radius 2 is 1.67 bits per heavy atom. The van der Waals surface area contributed by atoms with Gasteiger partial charge in [-0.1, -0.05) is 5.16 Å². The van der Waals surface area contributed by atoms with Gasteiger partial charge in [-0.3, -0.25) is 9.52 Å². The fraction of sp³-hybridized carbons (Fsp3) is 0.125. The molecule has 0 saturated heterocycles. The lowest BCUT2D eigenvalue weighted by atomic mass is 10.3. The second-order valence-electron chi connectivity index (χ2n) is 5.56. The predicted molar refractivity (Wildman–Crippen MR) is 98.1 cm³/mol. The standard InChI is InChI=1S/C16H16N6O4S/c1-10-9-16(21-26-10)18-14-7-8-15(20-19-14)22-27(24,25)13-5-3-12(4-6-13)17-11(2)23/h3-9H,1-2H3,(H,17,23)(H,20,22)(H,18,19,21). The van der Waals surface area contributed by atoms with E-state index < -0.39 is 10.0 Å². The lowest BCUT2D eigenvalue weighted by molar-refractivity contribution is -0.114. The zero-order chi connectivity index (χ0) is 19.4. The zero-order valence-electron chi connectivity index (χ0n) is 14.4. The number of nitrogens with zero attached hydrogens (tertiary/aromatic N) is 3. The largest absolute Gasteiger partial charge is 0.360 e. The first-order chi connectivity index (χ1) is 12.8. The van der Waals surface area contributed by atoms with E-state index in [0.717, 1.165) is 0 Å². The number of benzene rings is 1. The third-order valence-corrected chi connectivity index (χ3v) is 4.64. The molecule has 1 amide bonds. The summed E-state index contributed by atoms with van der Waals surface area (Å²) in [6.07, 6.45) is 0. The number of carbonyl (C=O) groups excluding carboxylic acids is 1. The van der Waals surface area contributed by atoms with E-state index in [9.17, 15) is 13.2 Å². The normalized spacial score (nSPS) is 11.0. The number of hydrogen-bond donors (Lipinski definition) is 3. The Kier molecular flexibility index (Phi) is 5.03. The van der Waals surface area contributed by atoms with Crippen LogP contribution < -0.4 is 15.4 Å². The number of amides is 1. The van der Waals surface area contributed by atoms with E-state index >= 15 is 0 Å². The average Bonchev–Trinajstić information content (AvgIpc) is 3.01. The smallest absolute Gasteiger partial charge is 0.263 e. The van der Waals surface area contributed by atoms with Gasteiger partial charge in [-0.05, 0) is 43.3 Å². The van der Waals surface area contributed by atoms with E-state index in [-0.39, 0.29) is 16.6 Å². The monoisotopic (exact) mass is 388 g/mol. The van der Waals surface area contributed by atoms with Gasteiger partial charge < -0.3 is 15.2 Å². The number of sulfonamides is 1. The number of carbonyl (C=O) groups is 1. The van der Waals surface area contributed by atoms with Gasteiger partial charge in [0.2, 0.25) is 5.91 Å². The molecular formula is C16H16N6O4S. The Morgan fingerprint density at radius 1 is 1.00 bits per heavy atom. The SMILES string of the molecule is CC(=O)Nc1ccc(S(=O)(=O)Nc2ccc(Nc3cc(C)on3)nn2)cc1. The van der Waals surface area contributed by atoms with Gasteiger partial charge in [0.25, 0.3) is 10.0 Å². The first kappa shape index (κ1) is 18.3. The van der Waals surface area contributed by atoms with Crippen LogP contribution in [0.1, 0.15) is 12.7 Å². The summed E-state index contributed by atoms with van der Waals surface area (Å²) in [5, 5.41) is 16.9. The third-order valence-electron chi connectivity index (χ3n) is 3.27. The van der Waals surface area contributed by atoms with Gasteiger partial charge in [-0.15, -0.1) is 10.2 Å².